The standard InChI is InChI=1S/C12H16FNO2/c1-2-11(12(15)16)14-8-7-9-3-5-10(13)6-4-9/h3-6,11,14H,2,7-8H2,1H3,(H,15,16). The number of carbonyl (C=O) groups is 1. The van der Waals surface area contributed by atoms with E-state index in [1.165, 1.54) is 12.1 Å². The molecular weight excluding hydrogens is 209 g/mol. The molecule has 1 aromatic carbocycles. The Bertz CT molecular complexity index is 337. The van der Waals surface area contributed by atoms with Crippen LogP contribution in [-0.2, 0) is 11.2 Å². The summed E-state index contributed by atoms with van der Waals surface area (Å²) in [5.41, 5.74) is 0.995. The molecule has 0 saturated heterocycles. The maximum absolute atomic E-state index is 12.6. The van der Waals surface area contributed by atoms with Crippen LogP contribution in [0.2, 0.25) is 0 Å². The number of carboxylic acid groups (broad SMARTS) is 1. The molecule has 4 heteroatoms. The van der Waals surface area contributed by atoms with Gasteiger partial charge in [-0.25, -0.2) is 4.39 Å². The van der Waals surface area contributed by atoms with Crippen molar-refractivity contribution in [3.8, 4) is 0 Å². The summed E-state index contributed by atoms with van der Waals surface area (Å²) in [6.07, 6.45) is 1.25. The molecule has 2 N–H and O–H groups in total. The Hall–Kier alpha value is -1.42. The van der Waals surface area contributed by atoms with Crippen LogP contribution in [0.4, 0.5) is 4.39 Å². The second-order valence-corrected chi connectivity index (χ2v) is 3.63. The minimum Gasteiger partial charge on any atom is -0.480 e. The summed E-state index contributed by atoms with van der Waals surface area (Å²) < 4.78 is 12.6. The molecule has 0 aliphatic heterocycles. The second-order valence-electron chi connectivity index (χ2n) is 3.63. The fourth-order valence-electron chi connectivity index (χ4n) is 1.45. The van der Waals surface area contributed by atoms with Gasteiger partial charge in [-0.1, -0.05) is 19.1 Å². The third-order valence-electron chi connectivity index (χ3n) is 2.42. The number of nitrogens with one attached hydrogen (secondary N) is 1. The van der Waals surface area contributed by atoms with E-state index in [2.05, 4.69) is 5.32 Å². The molecule has 0 radical (unpaired) electrons. The Morgan fingerprint density at radius 2 is 2.06 bits per heavy atom. The molecule has 1 atom stereocenters. The normalized spacial score (nSPS) is 12.4. The first-order valence-corrected chi connectivity index (χ1v) is 5.34. The van der Waals surface area contributed by atoms with E-state index in [1.807, 2.05) is 6.92 Å². The molecule has 0 amide bonds. The Morgan fingerprint density at radius 3 is 2.56 bits per heavy atom. The molecule has 0 aromatic heterocycles. The summed E-state index contributed by atoms with van der Waals surface area (Å²) in [7, 11) is 0. The summed E-state index contributed by atoms with van der Waals surface area (Å²) in [5, 5.41) is 11.7. The molecule has 0 bridgehead atoms. The minimum atomic E-state index is -0.832. The van der Waals surface area contributed by atoms with Crippen LogP contribution in [0.1, 0.15) is 18.9 Å². The number of benzene rings is 1. The third kappa shape index (κ3) is 3.98. The van der Waals surface area contributed by atoms with Gasteiger partial charge in [-0.05, 0) is 37.1 Å². The SMILES string of the molecule is CCC(NCCc1ccc(F)cc1)C(=O)O. The zero-order chi connectivity index (χ0) is 12.0. The molecule has 0 spiro atoms. The third-order valence-corrected chi connectivity index (χ3v) is 2.42. The van der Waals surface area contributed by atoms with Crippen molar-refractivity contribution in [1.29, 1.82) is 0 Å². The van der Waals surface area contributed by atoms with Crippen LogP contribution in [-0.4, -0.2) is 23.7 Å². The molecule has 1 unspecified atom stereocenters. The van der Waals surface area contributed by atoms with Crippen molar-refractivity contribution in [1.82, 2.24) is 5.32 Å². The summed E-state index contributed by atoms with van der Waals surface area (Å²) in [6, 6.07) is 5.73. The predicted octanol–water partition coefficient (Wildman–Crippen LogP) is 1.82. The minimum absolute atomic E-state index is 0.256. The molecular formula is C12H16FNO2. The van der Waals surface area contributed by atoms with Gasteiger partial charge in [0, 0.05) is 0 Å². The molecule has 3 nitrogen and oxygen atoms in total. The van der Waals surface area contributed by atoms with Crippen molar-refractivity contribution in [2.24, 2.45) is 0 Å². The summed E-state index contributed by atoms with van der Waals surface area (Å²) in [6.45, 7) is 2.40. The van der Waals surface area contributed by atoms with Crippen molar-refractivity contribution >= 4 is 5.97 Å². The Labute approximate surface area is 94.3 Å². The van der Waals surface area contributed by atoms with Gasteiger partial charge in [-0.2, -0.15) is 0 Å². The number of rotatable bonds is 6. The monoisotopic (exact) mass is 225 g/mol. The maximum atomic E-state index is 12.6. The van der Waals surface area contributed by atoms with Crippen LogP contribution >= 0.6 is 0 Å². The first-order valence-electron chi connectivity index (χ1n) is 5.34. The van der Waals surface area contributed by atoms with Crippen LogP contribution in [0.25, 0.3) is 0 Å². The number of aliphatic carboxylic acids is 1. The van der Waals surface area contributed by atoms with Crippen LogP contribution in [0, 0.1) is 5.82 Å². The summed E-state index contributed by atoms with van der Waals surface area (Å²) >= 11 is 0. The Balaban J connectivity index is 2.35. The molecule has 1 rings (SSSR count). The van der Waals surface area contributed by atoms with Crippen molar-refractivity contribution in [3.63, 3.8) is 0 Å². The van der Waals surface area contributed by atoms with Gasteiger partial charge >= 0.3 is 5.97 Å². The van der Waals surface area contributed by atoms with Gasteiger partial charge in [-0.3, -0.25) is 4.79 Å². The van der Waals surface area contributed by atoms with Crippen LogP contribution in [0.5, 0.6) is 0 Å². The Morgan fingerprint density at radius 1 is 1.44 bits per heavy atom. The topological polar surface area (TPSA) is 49.3 Å². The van der Waals surface area contributed by atoms with Gasteiger partial charge in [-0.15, -0.1) is 0 Å². The van der Waals surface area contributed by atoms with E-state index in [-0.39, 0.29) is 5.82 Å². The van der Waals surface area contributed by atoms with E-state index in [1.54, 1.807) is 12.1 Å². The lowest BCUT2D eigenvalue weighted by atomic mass is 10.1. The zero-order valence-electron chi connectivity index (χ0n) is 9.24. The van der Waals surface area contributed by atoms with Gasteiger partial charge < -0.3 is 10.4 Å². The molecule has 88 valence electrons. The van der Waals surface area contributed by atoms with Crippen molar-refractivity contribution < 1.29 is 14.3 Å². The molecule has 0 heterocycles. The lowest BCUT2D eigenvalue weighted by Crippen LogP contribution is -2.37. The largest absolute Gasteiger partial charge is 0.480 e. The van der Waals surface area contributed by atoms with Crippen molar-refractivity contribution in [3.05, 3.63) is 35.6 Å². The van der Waals surface area contributed by atoms with Gasteiger partial charge in [0.2, 0.25) is 0 Å². The fourth-order valence-corrected chi connectivity index (χ4v) is 1.45. The highest BCUT2D eigenvalue weighted by molar-refractivity contribution is 5.73. The summed E-state index contributed by atoms with van der Waals surface area (Å²) in [5.74, 6) is -1.09. The first kappa shape index (κ1) is 12.6. The number of hydrogen-bond acceptors (Lipinski definition) is 2. The van der Waals surface area contributed by atoms with E-state index in [0.29, 0.717) is 19.4 Å². The lowest BCUT2D eigenvalue weighted by Gasteiger charge is -2.11. The number of halogens is 1. The highest BCUT2D eigenvalue weighted by Gasteiger charge is 2.12. The van der Waals surface area contributed by atoms with E-state index in [0.717, 1.165) is 5.56 Å². The van der Waals surface area contributed by atoms with Gasteiger partial charge in [0.05, 0.1) is 0 Å². The fraction of sp³-hybridized carbons (Fsp3) is 0.417. The first-order chi connectivity index (χ1) is 7.63. The average molecular weight is 225 g/mol. The van der Waals surface area contributed by atoms with E-state index in [9.17, 15) is 9.18 Å². The smallest absolute Gasteiger partial charge is 0.320 e. The molecule has 0 aliphatic rings. The Kier molecular flexibility index (Phi) is 4.92. The molecule has 16 heavy (non-hydrogen) atoms. The highest BCUT2D eigenvalue weighted by atomic mass is 19.1. The van der Waals surface area contributed by atoms with Crippen LogP contribution in [0.15, 0.2) is 24.3 Å². The molecule has 0 saturated carbocycles. The van der Waals surface area contributed by atoms with Crippen molar-refractivity contribution in [2.45, 2.75) is 25.8 Å². The van der Waals surface area contributed by atoms with Gasteiger partial charge in [0.25, 0.3) is 0 Å². The number of carboxylic acids is 1. The molecule has 0 aliphatic carbocycles. The van der Waals surface area contributed by atoms with E-state index >= 15 is 0 Å². The van der Waals surface area contributed by atoms with Gasteiger partial charge in [0.1, 0.15) is 11.9 Å². The average Bonchev–Trinajstić information content (AvgIpc) is 2.26. The lowest BCUT2D eigenvalue weighted by molar-refractivity contribution is -0.139. The molecule has 0 fully saturated rings. The highest BCUT2D eigenvalue weighted by Crippen LogP contribution is 2.03. The zero-order valence-corrected chi connectivity index (χ0v) is 9.24. The van der Waals surface area contributed by atoms with Gasteiger partial charge in [0.15, 0.2) is 0 Å². The maximum Gasteiger partial charge on any atom is 0.320 e. The quantitative estimate of drug-likeness (QED) is 0.776. The molecule has 1 aromatic rings. The van der Waals surface area contributed by atoms with Crippen LogP contribution < -0.4 is 5.32 Å². The van der Waals surface area contributed by atoms with E-state index in [4.69, 9.17) is 5.11 Å². The summed E-state index contributed by atoms with van der Waals surface area (Å²) in [4.78, 5) is 10.7. The van der Waals surface area contributed by atoms with Crippen LogP contribution in [0.3, 0.4) is 0 Å². The second kappa shape index (κ2) is 6.23. The number of hydrogen-bond donors (Lipinski definition) is 2. The predicted molar refractivity (Wildman–Crippen MR) is 59.8 cm³/mol. The van der Waals surface area contributed by atoms with Crippen molar-refractivity contribution in [2.75, 3.05) is 6.54 Å². The van der Waals surface area contributed by atoms with E-state index < -0.39 is 12.0 Å².